The van der Waals surface area contributed by atoms with Crippen molar-refractivity contribution in [2.45, 2.75) is 62.7 Å². The number of carbonyl (C=O) groups excluding carboxylic acids is 4. The van der Waals surface area contributed by atoms with Gasteiger partial charge in [-0.3, -0.25) is 19.2 Å². The fourth-order valence-corrected chi connectivity index (χ4v) is 7.86. The summed E-state index contributed by atoms with van der Waals surface area (Å²) in [7, 11) is 0. The maximum absolute atomic E-state index is 13.3. The van der Waals surface area contributed by atoms with Crippen LogP contribution < -0.4 is 27.4 Å². The van der Waals surface area contributed by atoms with E-state index >= 15 is 0 Å². The molecule has 4 aliphatic rings. The van der Waals surface area contributed by atoms with Crippen LogP contribution in [0.4, 0.5) is 0 Å². The predicted molar refractivity (Wildman–Crippen MR) is 155 cm³/mol. The molecule has 0 saturated carbocycles. The molecule has 18 nitrogen and oxygen atoms in total. The monoisotopic (exact) mass is 632 g/mol. The molecule has 0 bridgehead atoms. The topological polar surface area (TPSA) is 256 Å². The highest BCUT2D eigenvalue weighted by Gasteiger charge is 2.60. The molecule has 5 heterocycles. The zero-order valence-electron chi connectivity index (χ0n) is 24.3. The molecule has 7 atom stereocenters. The molecule has 0 aromatic carbocycles. The van der Waals surface area contributed by atoms with Crippen LogP contribution in [-0.4, -0.2) is 126 Å². The summed E-state index contributed by atoms with van der Waals surface area (Å²) in [4.78, 5) is 70.6. The standard InChI is InChI=1S/C25H36N12O6S/c1-11-19-18(12(2)31-17(39)9-36-10-30-33-34-36)23(41)37(19)20(24(42)43)21(11)44-14-5-15(28-6-14)22(40)35-4-3-13(8-35)32-16(38)7-29-25(26)27/h10-15,18-19,28H,3-9H2,1-2H3,(H,31,39)(H,32,38)(H,42,43)(H4,26,27,29)/t11-,12-,13-,14+,15+,18-,19-/m1/s1. The summed E-state index contributed by atoms with van der Waals surface area (Å²) in [6, 6.07) is -1.59. The number of nitrogens with two attached hydrogens (primary N) is 2. The van der Waals surface area contributed by atoms with Gasteiger partial charge in [-0.05, 0) is 30.2 Å². The Kier molecular flexibility index (Phi) is 9.05. The van der Waals surface area contributed by atoms with Gasteiger partial charge in [-0.1, -0.05) is 6.92 Å². The molecule has 1 aromatic heterocycles. The Morgan fingerprint density at radius 1 is 1.27 bits per heavy atom. The van der Waals surface area contributed by atoms with Gasteiger partial charge >= 0.3 is 5.97 Å². The van der Waals surface area contributed by atoms with Crippen molar-refractivity contribution in [2.24, 2.45) is 28.3 Å². The summed E-state index contributed by atoms with van der Waals surface area (Å²) >= 11 is 1.39. The molecule has 3 fully saturated rings. The first kappa shape index (κ1) is 31.2. The lowest BCUT2D eigenvalue weighted by Gasteiger charge is -2.47. The van der Waals surface area contributed by atoms with Crippen molar-refractivity contribution in [3.63, 3.8) is 0 Å². The Hall–Kier alpha value is -4.26. The molecule has 0 radical (unpaired) electrons. The second kappa shape index (κ2) is 12.8. The van der Waals surface area contributed by atoms with Crippen LogP contribution >= 0.6 is 11.8 Å². The number of nitrogens with zero attached hydrogens (tertiary/aromatic N) is 7. The first-order valence-electron chi connectivity index (χ1n) is 14.3. The van der Waals surface area contributed by atoms with Gasteiger partial charge in [0, 0.05) is 47.8 Å². The minimum atomic E-state index is -1.19. The zero-order chi connectivity index (χ0) is 31.7. The fraction of sp³-hybridized carbons (Fsp3) is 0.640. The number of aliphatic carboxylic acids is 1. The van der Waals surface area contributed by atoms with Gasteiger partial charge in [-0.2, -0.15) is 0 Å². The average Bonchev–Trinajstić information content (AvgIpc) is 3.76. The van der Waals surface area contributed by atoms with Crippen molar-refractivity contribution in [2.75, 3.05) is 26.2 Å². The van der Waals surface area contributed by atoms with Crippen LogP contribution in [0.1, 0.15) is 26.7 Å². The summed E-state index contributed by atoms with van der Waals surface area (Å²) in [5.41, 5.74) is 10.5. The summed E-state index contributed by atoms with van der Waals surface area (Å²) in [5, 5.41) is 29.6. The molecule has 1 aromatic rings. The highest BCUT2D eigenvalue weighted by atomic mass is 32.2. The molecule has 19 heteroatoms. The molecule has 0 aliphatic carbocycles. The molecule has 4 aliphatic heterocycles. The summed E-state index contributed by atoms with van der Waals surface area (Å²) in [6.45, 7) is 4.69. The van der Waals surface area contributed by atoms with E-state index in [2.05, 4.69) is 36.5 Å². The highest BCUT2D eigenvalue weighted by Crippen LogP contribution is 2.51. The third-order valence-electron chi connectivity index (χ3n) is 8.37. The van der Waals surface area contributed by atoms with Gasteiger partial charge in [0.1, 0.15) is 25.1 Å². The summed E-state index contributed by atoms with van der Waals surface area (Å²) in [5.74, 6) is -3.34. The van der Waals surface area contributed by atoms with Crippen molar-refractivity contribution >= 4 is 47.3 Å². The predicted octanol–water partition coefficient (Wildman–Crippen LogP) is -3.60. The second-order valence-electron chi connectivity index (χ2n) is 11.4. The largest absolute Gasteiger partial charge is 0.477 e. The average molecular weight is 633 g/mol. The van der Waals surface area contributed by atoms with Gasteiger partial charge in [-0.25, -0.2) is 14.5 Å². The number of aliphatic imine (C=N–C) groups is 1. The van der Waals surface area contributed by atoms with E-state index in [9.17, 15) is 29.1 Å². The first-order valence-corrected chi connectivity index (χ1v) is 15.2. The number of carbonyl (C=O) groups is 5. The van der Waals surface area contributed by atoms with E-state index in [1.54, 1.807) is 11.8 Å². The van der Waals surface area contributed by atoms with E-state index in [-0.39, 0.29) is 65.6 Å². The van der Waals surface area contributed by atoms with Gasteiger partial charge < -0.3 is 42.3 Å². The molecular formula is C25H36N12O6S. The van der Waals surface area contributed by atoms with Crippen LogP contribution in [0, 0.1) is 11.8 Å². The minimum Gasteiger partial charge on any atom is -0.477 e. The lowest BCUT2D eigenvalue weighted by Crippen LogP contribution is -2.66. The fourth-order valence-electron chi connectivity index (χ4n) is 6.38. The molecule has 0 spiro atoms. The zero-order valence-corrected chi connectivity index (χ0v) is 25.1. The van der Waals surface area contributed by atoms with E-state index in [1.807, 2.05) is 6.92 Å². The van der Waals surface area contributed by atoms with E-state index in [0.29, 0.717) is 37.4 Å². The van der Waals surface area contributed by atoms with Crippen LogP contribution in [0.25, 0.3) is 0 Å². The van der Waals surface area contributed by atoms with Crippen molar-refractivity contribution in [3.8, 4) is 0 Å². The van der Waals surface area contributed by atoms with E-state index in [4.69, 9.17) is 11.5 Å². The summed E-state index contributed by atoms with van der Waals surface area (Å²) < 4.78 is 1.26. The van der Waals surface area contributed by atoms with Crippen molar-refractivity contribution in [1.82, 2.24) is 46.0 Å². The van der Waals surface area contributed by atoms with Gasteiger partial charge in [0.15, 0.2) is 5.96 Å². The van der Waals surface area contributed by atoms with E-state index in [1.165, 1.54) is 27.7 Å². The number of guanidine groups is 1. The number of hydrogen-bond donors (Lipinski definition) is 6. The molecule has 5 rings (SSSR count). The first-order chi connectivity index (χ1) is 20.9. The van der Waals surface area contributed by atoms with Crippen LogP contribution in [0.3, 0.4) is 0 Å². The molecule has 8 N–H and O–H groups in total. The number of fused-ring (bicyclic) bond motifs is 1. The van der Waals surface area contributed by atoms with Crippen molar-refractivity contribution < 1.29 is 29.1 Å². The number of β-lactam (4-membered cyclic amide) rings is 1. The number of rotatable bonds is 11. The number of aromatic nitrogens is 4. The van der Waals surface area contributed by atoms with Gasteiger partial charge in [0.25, 0.3) is 0 Å². The number of tetrazole rings is 1. The quantitative estimate of drug-likeness (QED) is 0.0784. The number of carboxylic acids is 1. The lowest BCUT2D eigenvalue weighted by molar-refractivity contribution is -0.158. The Bertz CT molecular complexity index is 1380. The smallest absolute Gasteiger partial charge is 0.353 e. The number of nitrogens with one attached hydrogen (secondary N) is 3. The third kappa shape index (κ3) is 6.33. The lowest BCUT2D eigenvalue weighted by atomic mass is 9.78. The molecule has 4 amide bonds. The van der Waals surface area contributed by atoms with Crippen molar-refractivity contribution in [1.29, 1.82) is 0 Å². The normalized spacial score (nSPS) is 28.4. The van der Waals surface area contributed by atoms with E-state index in [0.717, 1.165) is 0 Å². The minimum absolute atomic E-state index is 0.0328. The Morgan fingerprint density at radius 2 is 2.05 bits per heavy atom. The molecular weight excluding hydrogens is 596 g/mol. The number of likely N-dealkylation sites (tertiary alicyclic amines) is 1. The van der Waals surface area contributed by atoms with Crippen LogP contribution in [0.5, 0.6) is 0 Å². The number of carboxylic acid groups (broad SMARTS) is 1. The molecule has 44 heavy (non-hydrogen) atoms. The van der Waals surface area contributed by atoms with Gasteiger partial charge in [0.2, 0.25) is 23.6 Å². The van der Waals surface area contributed by atoms with E-state index < -0.39 is 30.0 Å². The van der Waals surface area contributed by atoms with Crippen molar-refractivity contribution in [3.05, 3.63) is 16.9 Å². The van der Waals surface area contributed by atoms with Crippen LogP contribution in [-0.2, 0) is 30.5 Å². The maximum Gasteiger partial charge on any atom is 0.353 e. The summed E-state index contributed by atoms with van der Waals surface area (Å²) in [6.07, 6.45) is 2.40. The molecule has 0 unspecified atom stereocenters. The SMILES string of the molecule is C[C@@H](NC(=O)Cn1cnnn1)[C@H]1C(=O)N2C(C(=O)O)=C(S[C@@H]3CN[C@H](C(=O)N4CC[C@@H](NC(=O)CN=C(N)N)C4)C3)[C@H](C)[C@H]12. The third-order valence-corrected chi connectivity index (χ3v) is 9.88. The Labute approximate surface area is 256 Å². The number of thioether (sulfide) groups is 1. The molecule has 3 saturated heterocycles. The maximum atomic E-state index is 13.3. The van der Waals surface area contributed by atoms with Gasteiger partial charge in [-0.15, -0.1) is 16.9 Å². The number of amides is 4. The second-order valence-corrected chi connectivity index (χ2v) is 12.8. The Balaban J connectivity index is 1.16. The van der Waals surface area contributed by atoms with Crippen LogP contribution in [0.15, 0.2) is 21.9 Å². The Morgan fingerprint density at radius 3 is 2.73 bits per heavy atom. The number of hydrogen-bond acceptors (Lipinski definition) is 11. The highest BCUT2D eigenvalue weighted by molar-refractivity contribution is 8.03. The molecule has 238 valence electrons. The van der Waals surface area contributed by atoms with Crippen LogP contribution in [0.2, 0.25) is 0 Å². The van der Waals surface area contributed by atoms with Gasteiger partial charge in [0.05, 0.1) is 18.0 Å².